The summed E-state index contributed by atoms with van der Waals surface area (Å²) < 4.78 is 10.5. The molecule has 6 heteroatoms. The van der Waals surface area contributed by atoms with Crippen LogP contribution in [-0.2, 0) is 20.7 Å². The maximum absolute atomic E-state index is 11.6. The fraction of sp³-hybridized carbons (Fsp3) is 0.500. The number of alkyl carbamates (subject to hydrolysis) is 1. The lowest BCUT2D eigenvalue weighted by molar-refractivity contribution is -0.109. The molecular formula is C16H24INO4. The van der Waals surface area contributed by atoms with Gasteiger partial charge in [0.2, 0.25) is 0 Å². The molecule has 0 saturated carbocycles. The average molecular weight is 421 g/mol. The summed E-state index contributed by atoms with van der Waals surface area (Å²) in [5, 5.41) is 2.56. The summed E-state index contributed by atoms with van der Waals surface area (Å²) in [6, 6.07) is 7.23. The number of halogens is 1. The lowest BCUT2D eigenvalue weighted by atomic mass is 10.1. The van der Waals surface area contributed by atoms with Gasteiger partial charge in [-0.3, -0.25) is 0 Å². The van der Waals surface area contributed by atoms with E-state index in [4.69, 9.17) is 4.74 Å². The van der Waals surface area contributed by atoms with Crippen LogP contribution in [0.15, 0.2) is 24.3 Å². The molecule has 0 fully saturated rings. The van der Waals surface area contributed by atoms with Gasteiger partial charge in [-0.05, 0) is 67.5 Å². The normalized spacial score (nSPS) is 11.7. The summed E-state index contributed by atoms with van der Waals surface area (Å²) in [4.78, 5) is 22.6. The van der Waals surface area contributed by atoms with Gasteiger partial charge in [-0.2, -0.15) is 0 Å². The maximum Gasteiger partial charge on any atom is 0.408 e. The summed E-state index contributed by atoms with van der Waals surface area (Å²) in [6.45, 7) is 5.34. The molecule has 0 bridgehead atoms. The van der Waals surface area contributed by atoms with Gasteiger partial charge in [0.05, 0.1) is 6.04 Å². The second kappa shape index (κ2) is 10.6. The van der Waals surface area contributed by atoms with E-state index in [0.717, 1.165) is 15.4 Å². The molecule has 1 amide bonds. The van der Waals surface area contributed by atoms with Crippen molar-refractivity contribution < 1.29 is 19.1 Å². The number of nitrogens with one attached hydrogen (secondary N) is 1. The number of carbonyl (C=O) groups is 2. The molecule has 0 unspecified atom stereocenters. The van der Waals surface area contributed by atoms with Gasteiger partial charge in [0.25, 0.3) is 0 Å². The van der Waals surface area contributed by atoms with Crippen LogP contribution in [0.4, 0.5) is 4.79 Å². The number of benzene rings is 1. The van der Waals surface area contributed by atoms with Gasteiger partial charge in [-0.15, -0.1) is 0 Å². The number of aldehydes is 1. The summed E-state index contributed by atoms with van der Waals surface area (Å²) in [7, 11) is 3.25. The molecule has 0 heterocycles. The molecule has 0 aliphatic rings. The van der Waals surface area contributed by atoms with Crippen LogP contribution in [0, 0.1) is 3.57 Å². The molecule has 124 valence electrons. The van der Waals surface area contributed by atoms with Gasteiger partial charge in [0.15, 0.2) is 0 Å². The Hall–Kier alpha value is -1.15. The SMILES string of the molecule is CC(C)(C)OC(=O)N[C@H](C=O)Cc1ccc(I)cc1.COC. The van der Waals surface area contributed by atoms with E-state index in [2.05, 4.69) is 32.6 Å². The van der Waals surface area contributed by atoms with Crippen molar-refractivity contribution in [3.05, 3.63) is 33.4 Å². The molecule has 5 nitrogen and oxygen atoms in total. The van der Waals surface area contributed by atoms with E-state index in [1.54, 1.807) is 35.0 Å². The number of rotatable bonds is 4. The first kappa shape index (κ1) is 20.9. The van der Waals surface area contributed by atoms with Crippen molar-refractivity contribution in [1.29, 1.82) is 0 Å². The second-order valence-electron chi connectivity index (χ2n) is 5.63. The highest BCUT2D eigenvalue weighted by Crippen LogP contribution is 2.10. The van der Waals surface area contributed by atoms with E-state index < -0.39 is 17.7 Å². The molecule has 0 aromatic heterocycles. The Kier molecular flexibility index (Phi) is 10.0. The van der Waals surface area contributed by atoms with E-state index in [-0.39, 0.29) is 0 Å². The van der Waals surface area contributed by atoms with E-state index in [0.29, 0.717) is 6.42 Å². The van der Waals surface area contributed by atoms with Crippen molar-refractivity contribution in [3.8, 4) is 0 Å². The topological polar surface area (TPSA) is 64.6 Å². The van der Waals surface area contributed by atoms with Gasteiger partial charge < -0.3 is 19.6 Å². The Morgan fingerprint density at radius 3 is 2.18 bits per heavy atom. The third-order valence-electron chi connectivity index (χ3n) is 2.24. The highest BCUT2D eigenvalue weighted by Gasteiger charge is 2.19. The zero-order chi connectivity index (χ0) is 17.2. The molecule has 0 aliphatic carbocycles. The zero-order valence-electron chi connectivity index (χ0n) is 13.7. The average Bonchev–Trinajstić information content (AvgIpc) is 2.39. The molecule has 1 aromatic rings. The minimum Gasteiger partial charge on any atom is -0.444 e. The van der Waals surface area contributed by atoms with Crippen molar-refractivity contribution in [2.45, 2.75) is 38.8 Å². The number of amides is 1. The zero-order valence-corrected chi connectivity index (χ0v) is 15.8. The highest BCUT2D eigenvalue weighted by atomic mass is 127. The fourth-order valence-corrected chi connectivity index (χ4v) is 1.83. The third kappa shape index (κ3) is 10.6. The molecule has 0 saturated heterocycles. The molecule has 1 aromatic carbocycles. The van der Waals surface area contributed by atoms with Crippen molar-refractivity contribution in [2.75, 3.05) is 14.2 Å². The van der Waals surface area contributed by atoms with Crippen molar-refractivity contribution in [1.82, 2.24) is 5.32 Å². The predicted molar refractivity (Wildman–Crippen MR) is 95.0 cm³/mol. The van der Waals surface area contributed by atoms with Gasteiger partial charge >= 0.3 is 6.09 Å². The van der Waals surface area contributed by atoms with Crippen molar-refractivity contribution in [2.24, 2.45) is 0 Å². The molecule has 1 rings (SSSR count). The Morgan fingerprint density at radius 2 is 1.77 bits per heavy atom. The van der Waals surface area contributed by atoms with Gasteiger partial charge in [-0.1, -0.05) is 12.1 Å². The van der Waals surface area contributed by atoms with Gasteiger partial charge in [-0.25, -0.2) is 4.79 Å². The van der Waals surface area contributed by atoms with Crippen LogP contribution in [-0.4, -0.2) is 38.2 Å². The quantitative estimate of drug-likeness (QED) is 0.599. The van der Waals surface area contributed by atoms with E-state index >= 15 is 0 Å². The Balaban J connectivity index is 0.00000135. The predicted octanol–water partition coefficient (Wildman–Crippen LogP) is 3.19. The fourth-order valence-electron chi connectivity index (χ4n) is 1.47. The van der Waals surface area contributed by atoms with Crippen molar-refractivity contribution in [3.63, 3.8) is 0 Å². The molecule has 0 spiro atoms. The highest BCUT2D eigenvalue weighted by molar-refractivity contribution is 14.1. The molecule has 0 aliphatic heterocycles. The first-order valence-electron chi connectivity index (χ1n) is 6.81. The lowest BCUT2D eigenvalue weighted by Crippen LogP contribution is -2.41. The third-order valence-corrected chi connectivity index (χ3v) is 2.95. The smallest absolute Gasteiger partial charge is 0.408 e. The lowest BCUT2D eigenvalue weighted by Gasteiger charge is -2.21. The van der Waals surface area contributed by atoms with Crippen molar-refractivity contribution >= 4 is 35.0 Å². The molecule has 1 atom stereocenters. The number of carbonyl (C=O) groups excluding carboxylic acids is 2. The first-order valence-corrected chi connectivity index (χ1v) is 7.89. The Labute approximate surface area is 145 Å². The van der Waals surface area contributed by atoms with Crippen LogP contribution in [0.5, 0.6) is 0 Å². The Bertz CT molecular complexity index is 454. The van der Waals surface area contributed by atoms with Crippen LogP contribution in [0.1, 0.15) is 26.3 Å². The summed E-state index contributed by atoms with van der Waals surface area (Å²) in [6.07, 6.45) is 0.608. The largest absolute Gasteiger partial charge is 0.444 e. The molecule has 0 radical (unpaired) electrons. The molecule has 22 heavy (non-hydrogen) atoms. The second-order valence-corrected chi connectivity index (χ2v) is 6.87. The van der Waals surface area contributed by atoms with Crippen LogP contribution in [0.3, 0.4) is 0 Å². The van der Waals surface area contributed by atoms with E-state index in [9.17, 15) is 9.59 Å². The van der Waals surface area contributed by atoms with Crippen LogP contribution in [0.25, 0.3) is 0 Å². The van der Waals surface area contributed by atoms with Gasteiger partial charge in [0.1, 0.15) is 11.9 Å². The summed E-state index contributed by atoms with van der Waals surface area (Å²) >= 11 is 2.21. The van der Waals surface area contributed by atoms with E-state index in [1.807, 2.05) is 24.3 Å². The number of hydrogen-bond donors (Lipinski definition) is 1. The molecule has 1 N–H and O–H groups in total. The van der Waals surface area contributed by atoms with Gasteiger partial charge in [0, 0.05) is 17.8 Å². The maximum atomic E-state index is 11.6. The van der Waals surface area contributed by atoms with Crippen LogP contribution in [0.2, 0.25) is 0 Å². The standard InChI is InChI=1S/C14H18INO3.C2H6O/c1-14(2,3)19-13(18)16-12(9-17)8-10-4-6-11(15)7-5-10;1-3-2/h4-7,9,12H,8H2,1-3H3,(H,16,18);1-2H3/t12-;/m0./s1. The summed E-state index contributed by atoms with van der Waals surface area (Å²) in [5.41, 5.74) is 0.425. The number of ether oxygens (including phenoxy) is 2. The van der Waals surface area contributed by atoms with E-state index in [1.165, 1.54) is 0 Å². The minimum absolute atomic E-state index is 0.458. The first-order chi connectivity index (χ1) is 10.2. The van der Waals surface area contributed by atoms with Crippen LogP contribution < -0.4 is 5.32 Å². The minimum atomic E-state index is -0.574. The molecular weight excluding hydrogens is 397 g/mol. The van der Waals surface area contributed by atoms with Crippen LogP contribution >= 0.6 is 22.6 Å². The monoisotopic (exact) mass is 421 g/mol. The number of methoxy groups -OCH3 is 1. The Morgan fingerprint density at radius 1 is 1.27 bits per heavy atom. The number of hydrogen-bond acceptors (Lipinski definition) is 4. The summed E-state index contributed by atoms with van der Waals surface area (Å²) in [5.74, 6) is 0.